The van der Waals surface area contributed by atoms with Gasteiger partial charge in [0.05, 0.1) is 13.1 Å². The lowest BCUT2D eigenvalue weighted by Gasteiger charge is -2.03. The molecule has 4 nitrogen and oxygen atoms in total. The fraction of sp³-hybridized carbons (Fsp3) is 0.231. The highest BCUT2D eigenvalue weighted by Gasteiger charge is 2.13. The van der Waals surface area contributed by atoms with Crippen LogP contribution < -0.4 is 5.32 Å². The molecule has 0 saturated heterocycles. The minimum absolute atomic E-state index is 0.0858. The van der Waals surface area contributed by atoms with Crippen LogP contribution in [0.15, 0.2) is 35.5 Å². The minimum atomic E-state index is 0.0858. The van der Waals surface area contributed by atoms with Gasteiger partial charge in [-0.2, -0.15) is 0 Å². The van der Waals surface area contributed by atoms with E-state index in [1.54, 1.807) is 18.0 Å². The van der Waals surface area contributed by atoms with E-state index in [1.807, 2.05) is 24.3 Å². The van der Waals surface area contributed by atoms with Gasteiger partial charge in [-0.05, 0) is 6.07 Å². The Labute approximate surface area is 109 Å². The van der Waals surface area contributed by atoms with Crippen molar-refractivity contribution in [2.24, 2.45) is 4.99 Å². The second-order valence-electron chi connectivity index (χ2n) is 4.06. The predicted molar refractivity (Wildman–Crippen MR) is 75.4 cm³/mol. The summed E-state index contributed by atoms with van der Waals surface area (Å²) in [4.78, 5) is 19.5. The maximum Gasteiger partial charge on any atom is 0.184 e. The van der Waals surface area contributed by atoms with E-state index >= 15 is 0 Å². The van der Waals surface area contributed by atoms with Gasteiger partial charge in [0.2, 0.25) is 0 Å². The van der Waals surface area contributed by atoms with E-state index in [4.69, 9.17) is 0 Å². The van der Waals surface area contributed by atoms with Crippen LogP contribution in [0.3, 0.4) is 0 Å². The third-order valence-corrected chi connectivity index (χ3v) is 3.81. The first-order valence-electron chi connectivity index (χ1n) is 5.85. The maximum atomic E-state index is 12.1. The maximum absolute atomic E-state index is 12.1. The average molecular weight is 259 g/mol. The normalized spacial score (nSPS) is 14.8. The van der Waals surface area contributed by atoms with Crippen LogP contribution in [-0.4, -0.2) is 34.8 Å². The number of hydrogen-bond donors (Lipinski definition) is 2. The lowest BCUT2D eigenvalue weighted by atomic mass is 10.1. The third-order valence-electron chi connectivity index (χ3n) is 2.88. The number of para-hydroxylation sites is 1. The summed E-state index contributed by atoms with van der Waals surface area (Å²) >= 11 is 1.66. The number of nitrogens with zero attached hydrogens (tertiary/aromatic N) is 1. The molecule has 1 aromatic carbocycles. The quantitative estimate of drug-likeness (QED) is 0.829. The van der Waals surface area contributed by atoms with Gasteiger partial charge in [0.25, 0.3) is 0 Å². The number of benzene rings is 1. The minimum Gasteiger partial charge on any atom is -0.360 e. The number of carbonyl (C=O) groups is 1. The first-order chi connectivity index (χ1) is 8.84. The standard InChI is InChI=1S/C13H13N3OS/c17-12(8-16-13-14-5-6-18-13)10-7-15-11-4-2-1-3-9(10)11/h1-4,7,15H,5-6,8H2,(H,14,16). The van der Waals surface area contributed by atoms with E-state index in [9.17, 15) is 4.79 Å². The number of ketones is 1. The molecule has 0 radical (unpaired) electrons. The molecular weight excluding hydrogens is 246 g/mol. The zero-order valence-corrected chi connectivity index (χ0v) is 10.6. The first kappa shape index (κ1) is 11.3. The van der Waals surface area contributed by atoms with E-state index in [1.165, 1.54) is 0 Å². The van der Waals surface area contributed by atoms with Crippen LogP contribution in [0.2, 0.25) is 0 Å². The third kappa shape index (κ3) is 2.13. The second-order valence-corrected chi connectivity index (χ2v) is 5.14. The van der Waals surface area contributed by atoms with E-state index in [-0.39, 0.29) is 5.78 Å². The van der Waals surface area contributed by atoms with Crippen LogP contribution in [0, 0.1) is 0 Å². The fourth-order valence-electron chi connectivity index (χ4n) is 2.00. The smallest absolute Gasteiger partial charge is 0.184 e. The Kier molecular flexibility index (Phi) is 3.06. The molecule has 1 aromatic heterocycles. The van der Waals surface area contributed by atoms with Crippen molar-refractivity contribution in [3.63, 3.8) is 0 Å². The summed E-state index contributed by atoms with van der Waals surface area (Å²) in [6, 6.07) is 7.82. The van der Waals surface area contributed by atoms with Crippen molar-refractivity contribution in [2.45, 2.75) is 0 Å². The highest BCUT2D eigenvalue weighted by molar-refractivity contribution is 8.14. The number of nitrogens with one attached hydrogen (secondary N) is 2. The SMILES string of the molecule is O=C(CNC1=NCCS1)c1c[nH]c2ccccc12. The molecule has 1 aliphatic rings. The lowest BCUT2D eigenvalue weighted by molar-refractivity contribution is 0.0998. The Hall–Kier alpha value is -1.75. The molecule has 0 bridgehead atoms. The molecule has 0 atom stereocenters. The van der Waals surface area contributed by atoms with Crippen LogP contribution in [0.4, 0.5) is 0 Å². The van der Waals surface area contributed by atoms with Gasteiger partial charge >= 0.3 is 0 Å². The van der Waals surface area contributed by atoms with Crippen molar-refractivity contribution in [3.05, 3.63) is 36.0 Å². The number of H-pyrrole nitrogens is 1. The summed E-state index contributed by atoms with van der Waals surface area (Å²) in [7, 11) is 0. The molecular formula is C13H13N3OS. The van der Waals surface area contributed by atoms with Gasteiger partial charge in [-0.3, -0.25) is 9.79 Å². The summed E-state index contributed by atoms with van der Waals surface area (Å²) in [5.74, 6) is 1.09. The van der Waals surface area contributed by atoms with Crippen molar-refractivity contribution >= 4 is 33.6 Å². The van der Waals surface area contributed by atoms with Crippen LogP contribution in [0.25, 0.3) is 10.9 Å². The van der Waals surface area contributed by atoms with E-state index in [2.05, 4.69) is 15.3 Å². The number of carbonyl (C=O) groups excluding carboxylic acids is 1. The monoisotopic (exact) mass is 259 g/mol. The Bertz CT molecular complexity index is 617. The number of Topliss-reactive ketones (excluding diaryl/α,β-unsaturated/α-hetero) is 1. The molecule has 92 valence electrons. The molecule has 2 N–H and O–H groups in total. The first-order valence-corrected chi connectivity index (χ1v) is 6.83. The molecule has 1 aliphatic heterocycles. The van der Waals surface area contributed by atoms with Gasteiger partial charge in [0.15, 0.2) is 11.0 Å². The molecule has 0 aliphatic carbocycles. The summed E-state index contributed by atoms with van der Waals surface area (Å²) in [5, 5.41) is 4.94. The molecule has 2 heterocycles. The Morgan fingerprint density at radius 1 is 1.44 bits per heavy atom. The number of aliphatic imine (C=N–C) groups is 1. The Morgan fingerprint density at radius 3 is 3.17 bits per heavy atom. The fourth-order valence-corrected chi connectivity index (χ4v) is 2.73. The van der Waals surface area contributed by atoms with E-state index in [0.717, 1.165) is 33.9 Å². The van der Waals surface area contributed by atoms with Gasteiger partial charge in [-0.25, -0.2) is 0 Å². The number of aromatic nitrogens is 1. The van der Waals surface area contributed by atoms with Gasteiger partial charge < -0.3 is 10.3 Å². The van der Waals surface area contributed by atoms with Gasteiger partial charge in [0.1, 0.15) is 0 Å². The van der Waals surface area contributed by atoms with Gasteiger partial charge in [-0.1, -0.05) is 30.0 Å². The number of fused-ring (bicyclic) bond motifs is 1. The lowest BCUT2D eigenvalue weighted by Crippen LogP contribution is -2.26. The summed E-state index contributed by atoms with van der Waals surface area (Å²) < 4.78 is 0. The Balaban J connectivity index is 1.75. The van der Waals surface area contributed by atoms with Crippen molar-refractivity contribution in [2.75, 3.05) is 18.8 Å². The van der Waals surface area contributed by atoms with Crippen LogP contribution in [-0.2, 0) is 0 Å². The molecule has 0 unspecified atom stereocenters. The highest BCUT2D eigenvalue weighted by atomic mass is 32.2. The van der Waals surface area contributed by atoms with Crippen LogP contribution >= 0.6 is 11.8 Å². The predicted octanol–water partition coefficient (Wildman–Crippen LogP) is 2.04. The van der Waals surface area contributed by atoms with Crippen molar-refractivity contribution in [3.8, 4) is 0 Å². The number of aromatic amines is 1. The van der Waals surface area contributed by atoms with E-state index in [0.29, 0.717) is 6.54 Å². The molecule has 0 fully saturated rings. The molecule has 3 rings (SSSR count). The second kappa shape index (κ2) is 4.86. The van der Waals surface area contributed by atoms with Crippen molar-refractivity contribution in [1.29, 1.82) is 0 Å². The van der Waals surface area contributed by atoms with Crippen molar-refractivity contribution < 1.29 is 4.79 Å². The largest absolute Gasteiger partial charge is 0.360 e. The number of thioether (sulfide) groups is 1. The van der Waals surface area contributed by atoms with Gasteiger partial charge in [-0.15, -0.1) is 0 Å². The molecule has 2 aromatic rings. The molecule has 0 saturated carbocycles. The topological polar surface area (TPSA) is 57.2 Å². The summed E-state index contributed by atoms with van der Waals surface area (Å²) in [6.45, 7) is 1.14. The summed E-state index contributed by atoms with van der Waals surface area (Å²) in [6.07, 6.45) is 1.78. The molecule has 0 spiro atoms. The average Bonchev–Trinajstić information content (AvgIpc) is 3.05. The van der Waals surface area contributed by atoms with Crippen molar-refractivity contribution in [1.82, 2.24) is 10.3 Å². The van der Waals surface area contributed by atoms with Gasteiger partial charge in [0, 0.05) is 28.4 Å². The Morgan fingerprint density at radius 2 is 2.33 bits per heavy atom. The molecule has 0 amide bonds. The van der Waals surface area contributed by atoms with Crippen LogP contribution in [0.5, 0.6) is 0 Å². The summed E-state index contributed by atoms with van der Waals surface area (Å²) in [5.41, 5.74) is 1.73. The van der Waals surface area contributed by atoms with Crippen LogP contribution in [0.1, 0.15) is 10.4 Å². The molecule has 5 heteroatoms. The number of amidine groups is 1. The number of hydrogen-bond acceptors (Lipinski definition) is 4. The zero-order valence-electron chi connectivity index (χ0n) is 9.77. The zero-order chi connectivity index (χ0) is 12.4. The number of rotatable bonds is 3. The highest BCUT2D eigenvalue weighted by Crippen LogP contribution is 2.18. The van der Waals surface area contributed by atoms with E-state index < -0.39 is 0 Å². The molecule has 18 heavy (non-hydrogen) atoms.